The first-order chi connectivity index (χ1) is 10.0. The van der Waals surface area contributed by atoms with Gasteiger partial charge in [0, 0.05) is 26.2 Å². The number of rotatable bonds is 6. The van der Waals surface area contributed by atoms with Crippen molar-refractivity contribution in [2.24, 2.45) is 0 Å². The van der Waals surface area contributed by atoms with E-state index < -0.39 is 0 Å². The summed E-state index contributed by atoms with van der Waals surface area (Å²) in [5.74, 6) is 0. The molecule has 0 aromatic heterocycles. The fourth-order valence-corrected chi connectivity index (χ4v) is 2.01. The zero-order chi connectivity index (χ0) is 16.8. The number of hydrogen-bond acceptors (Lipinski definition) is 5. The Balaban J connectivity index is 0. The van der Waals surface area contributed by atoms with Crippen LogP contribution < -0.4 is 0 Å². The third-order valence-electron chi connectivity index (χ3n) is 2.83. The molecule has 3 N–H and O–H groups in total. The van der Waals surface area contributed by atoms with Crippen LogP contribution in [-0.2, 0) is 21.0 Å². The molecule has 0 aliphatic carbocycles. The van der Waals surface area contributed by atoms with Crippen LogP contribution >= 0.6 is 0 Å². The predicted molar refractivity (Wildman–Crippen MR) is 78.6 cm³/mol. The second-order valence-electron chi connectivity index (χ2n) is 4.74. The van der Waals surface area contributed by atoms with Crippen molar-refractivity contribution in [1.82, 2.24) is 4.90 Å². The van der Waals surface area contributed by atoms with Crippen LogP contribution in [0.5, 0.6) is 0 Å². The first-order valence-corrected chi connectivity index (χ1v) is 7.35. The van der Waals surface area contributed by atoms with E-state index in [9.17, 15) is 10.2 Å². The molecule has 0 radical (unpaired) electrons. The van der Waals surface area contributed by atoms with Gasteiger partial charge in [-0.25, -0.2) is 0 Å². The normalized spacial score (nSPS) is 14.0. The standard InChI is InChI=1S/C14H23NO2.CH4O.O.V/c1-11(16)9-15(10-12(2)17)13(3)14-7-5-4-6-8-14;1-2;;/h4-8,11-13,16-17H,9-10H2,1-3H3;2H,1H3;;. The van der Waals surface area contributed by atoms with Crippen molar-refractivity contribution in [3.8, 4) is 0 Å². The Morgan fingerprint density at radius 1 is 0.952 bits per heavy atom. The monoisotopic (exact) mass is 336 g/mol. The van der Waals surface area contributed by atoms with Crippen LogP contribution in [-0.4, -0.2) is 52.6 Å². The molecule has 3 unspecified atom stereocenters. The minimum absolute atomic E-state index is 0.195. The number of hydrogen-bond donors (Lipinski definition) is 3. The van der Waals surface area contributed by atoms with Crippen LogP contribution in [0.1, 0.15) is 32.4 Å². The van der Waals surface area contributed by atoms with E-state index >= 15 is 0 Å². The zero-order valence-corrected chi connectivity index (χ0v) is 14.6. The van der Waals surface area contributed by atoms with Crippen molar-refractivity contribution in [3.63, 3.8) is 0 Å². The third kappa shape index (κ3) is 10.8. The average molecular weight is 336 g/mol. The van der Waals surface area contributed by atoms with Gasteiger partial charge >= 0.3 is 21.0 Å². The SMILES string of the molecule is CC(O)CN(CC(C)O)C(C)c1ccccc1.CO.[O]=[V]. The molecule has 0 heterocycles. The fourth-order valence-electron chi connectivity index (χ4n) is 2.01. The summed E-state index contributed by atoms with van der Waals surface area (Å²) in [5.41, 5.74) is 1.20. The van der Waals surface area contributed by atoms with Crippen molar-refractivity contribution in [2.45, 2.75) is 39.0 Å². The van der Waals surface area contributed by atoms with Crippen LogP contribution in [0.2, 0.25) is 0 Å². The van der Waals surface area contributed by atoms with E-state index in [1.807, 2.05) is 18.2 Å². The Labute approximate surface area is 136 Å². The van der Waals surface area contributed by atoms with Gasteiger partial charge in [0.2, 0.25) is 0 Å². The summed E-state index contributed by atoms with van der Waals surface area (Å²) in [6.45, 7) is 6.78. The maximum absolute atomic E-state index is 9.51. The van der Waals surface area contributed by atoms with Crippen LogP contribution in [0.4, 0.5) is 0 Å². The van der Waals surface area contributed by atoms with Gasteiger partial charge < -0.3 is 15.3 Å². The van der Waals surface area contributed by atoms with Crippen LogP contribution in [0.25, 0.3) is 0 Å². The van der Waals surface area contributed by atoms with E-state index in [4.69, 9.17) is 8.78 Å². The molecule has 21 heavy (non-hydrogen) atoms. The Bertz CT molecular complexity index is 326. The number of benzene rings is 1. The molecule has 0 bridgehead atoms. The van der Waals surface area contributed by atoms with Crippen molar-refractivity contribution in [2.75, 3.05) is 20.2 Å². The molecule has 0 amide bonds. The van der Waals surface area contributed by atoms with Gasteiger partial charge in [0.25, 0.3) is 0 Å². The fraction of sp³-hybridized carbons (Fsp3) is 0.600. The topological polar surface area (TPSA) is 81.0 Å². The van der Waals surface area contributed by atoms with Gasteiger partial charge in [-0.1, -0.05) is 30.3 Å². The summed E-state index contributed by atoms with van der Waals surface area (Å²) < 4.78 is 8.19. The van der Waals surface area contributed by atoms with Crippen molar-refractivity contribution in [3.05, 3.63) is 35.9 Å². The average Bonchev–Trinajstić information content (AvgIpc) is 2.50. The Kier molecular flexibility index (Phi) is 15.6. The summed E-state index contributed by atoms with van der Waals surface area (Å²) in [5, 5.41) is 26.0. The van der Waals surface area contributed by atoms with Crippen molar-refractivity contribution in [1.29, 1.82) is 0 Å². The van der Waals surface area contributed by atoms with Gasteiger partial charge in [0.15, 0.2) is 0 Å². The molecular formula is C15H27NO4V. The molecule has 1 aromatic rings. The third-order valence-corrected chi connectivity index (χ3v) is 2.83. The van der Waals surface area contributed by atoms with E-state index in [-0.39, 0.29) is 18.2 Å². The van der Waals surface area contributed by atoms with Crippen molar-refractivity contribution < 1.29 is 36.4 Å². The van der Waals surface area contributed by atoms with E-state index in [0.717, 1.165) is 24.5 Å². The molecule has 0 spiro atoms. The summed E-state index contributed by atoms with van der Waals surface area (Å²) in [6, 6.07) is 10.3. The quantitative estimate of drug-likeness (QED) is 0.730. The van der Waals surface area contributed by atoms with Gasteiger partial charge in [-0.15, -0.1) is 0 Å². The summed E-state index contributed by atoms with van der Waals surface area (Å²) in [6.07, 6.45) is -0.778. The van der Waals surface area contributed by atoms with Gasteiger partial charge in [-0.05, 0) is 26.3 Å². The van der Waals surface area contributed by atoms with Crippen LogP contribution in [0.15, 0.2) is 30.3 Å². The maximum atomic E-state index is 9.51. The molecule has 1 aromatic carbocycles. The van der Waals surface area contributed by atoms with E-state index in [0.29, 0.717) is 13.1 Å². The number of aliphatic hydroxyl groups is 3. The molecule has 0 saturated carbocycles. The first kappa shape index (κ1) is 22.7. The predicted octanol–water partition coefficient (Wildman–Crippen LogP) is 1.30. The summed E-state index contributed by atoms with van der Waals surface area (Å²) in [4.78, 5) is 2.10. The van der Waals surface area contributed by atoms with Gasteiger partial charge in [-0.3, -0.25) is 4.90 Å². The molecule has 0 fully saturated rings. The van der Waals surface area contributed by atoms with E-state index in [1.165, 1.54) is 5.56 Å². The molecule has 1 rings (SSSR count). The Morgan fingerprint density at radius 3 is 1.67 bits per heavy atom. The molecule has 121 valence electrons. The van der Waals surface area contributed by atoms with Crippen molar-refractivity contribution >= 4 is 0 Å². The number of nitrogens with zero attached hydrogens (tertiary/aromatic N) is 1. The second kappa shape index (κ2) is 14.4. The summed E-state index contributed by atoms with van der Waals surface area (Å²) in [7, 11) is 1.00. The molecule has 0 aliphatic heterocycles. The molecule has 0 aliphatic rings. The zero-order valence-electron chi connectivity index (χ0n) is 13.2. The Hall–Kier alpha value is -0.556. The molecule has 5 nitrogen and oxygen atoms in total. The second-order valence-corrected chi connectivity index (χ2v) is 4.74. The van der Waals surface area contributed by atoms with Gasteiger partial charge in [0.05, 0.1) is 12.2 Å². The first-order valence-electron chi connectivity index (χ1n) is 6.78. The van der Waals surface area contributed by atoms with E-state index in [2.05, 4.69) is 24.0 Å². The minimum atomic E-state index is -0.389. The molecule has 0 saturated heterocycles. The summed E-state index contributed by atoms with van der Waals surface area (Å²) >= 11 is 1.06. The van der Waals surface area contributed by atoms with Gasteiger partial charge in [-0.2, -0.15) is 0 Å². The molecular weight excluding hydrogens is 309 g/mol. The van der Waals surface area contributed by atoms with Crippen LogP contribution in [0.3, 0.4) is 0 Å². The molecule has 6 heteroatoms. The van der Waals surface area contributed by atoms with E-state index in [1.54, 1.807) is 13.8 Å². The molecule has 3 atom stereocenters. The van der Waals surface area contributed by atoms with Crippen LogP contribution in [0, 0.1) is 0 Å². The Morgan fingerprint density at radius 2 is 1.33 bits per heavy atom. The van der Waals surface area contributed by atoms with Gasteiger partial charge in [0.1, 0.15) is 0 Å². The number of aliphatic hydroxyl groups excluding tert-OH is 3.